The minimum atomic E-state index is 0. The van der Waals surface area contributed by atoms with Gasteiger partial charge in [0, 0.05) is 8.41 Å². The van der Waals surface area contributed by atoms with Crippen molar-refractivity contribution in [3.05, 3.63) is 0 Å². The summed E-state index contributed by atoms with van der Waals surface area (Å²) in [5, 5.41) is 0. The monoisotopic (exact) mass is 93.0 g/mol. The van der Waals surface area contributed by atoms with Gasteiger partial charge in [0.25, 0.3) is 0 Å². The van der Waals surface area contributed by atoms with Crippen LogP contribution in [0.4, 0.5) is 0 Å². The van der Waals surface area contributed by atoms with E-state index in [9.17, 15) is 0 Å². The maximum absolute atomic E-state index is 0. The molecule has 0 aromatic heterocycles. The Morgan fingerprint density at radius 2 is 0.750 bits per heavy atom. The molecule has 1 nitrogen and oxygen atoms in total. The van der Waals surface area contributed by atoms with Gasteiger partial charge in [0.1, 0.15) is 0 Å². The molecule has 4 heavy (non-hydrogen) atoms. The average Bonchev–Trinajstić information content (AvgIpc) is 0. The SMILES string of the molecule is O.[B].[SiH4].[SiH4]. The van der Waals surface area contributed by atoms with Crippen molar-refractivity contribution in [1.82, 2.24) is 0 Å². The zero-order valence-corrected chi connectivity index (χ0v) is 1.08. The molecule has 0 bridgehead atoms. The first-order valence-corrected chi connectivity index (χ1v) is 0. The summed E-state index contributed by atoms with van der Waals surface area (Å²) in [4.78, 5) is 0. The summed E-state index contributed by atoms with van der Waals surface area (Å²) in [5.74, 6) is 0. The molecule has 0 aromatic rings. The third kappa shape index (κ3) is 24.9. The fourth-order valence-corrected chi connectivity index (χ4v) is 0. The zero-order chi connectivity index (χ0) is 0. The second-order valence-corrected chi connectivity index (χ2v) is 0. The second kappa shape index (κ2) is 99.4. The fraction of sp³-hybridized carbons (Fsp3) is 0. The number of rotatable bonds is 0. The first-order valence-electron chi connectivity index (χ1n) is 0. The normalized spacial score (nSPS) is 0. The Morgan fingerprint density at radius 1 is 0.750 bits per heavy atom. The van der Waals surface area contributed by atoms with Gasteiger partial charge in [-0.15, -0.1) is 0 Å². The maximum atomic E-state index is 0. The van der Waals surface area contributed by atoms with Crippen molar-refractivity contribution < 1.29 is 5.48 Å². The van der Waals surface area contributed by atoms with Gasteiger partial charge >= 0.3 is 0 Å². The van der Waals surface area contributed by atoms with Crippen molar-refractivity contribution in [2.45, 2.75) is 0 Å². The van der Waals surface area contributed by atoms with Crippen molar-refractivity contribution in [3.63, 3.8) is 0 Å². The van der Waals surface area contributed by atoms with Gasteiger partial charge in [-0.25, -0.2) is 0 Å². The van der Waals surface area contributed by atoms with E-state index in [1.165, 1.54) is 0 Å². The first kappa shape index (κ1) is 253. The van der Waals surface area contributed by atoms with Crippen LogP contribution in [0.2, 0.25) is 0 Å². The Bertz CT molecular complexity index is 6.00. The molecule has 0 amide bonds. The molecule has 0 unspecified atom stereocenters. The second-order valence-electron chi connectivity index (χ2n) is 0. The predicted molar refractivity (Wildman–Crippen MR) is 32.0 cm³/mol. The minimum absolute atomic E-state index is 0. The number of hydrogen-bond donors (Lipinski definition) is 0. The lowest BCUT2D eigenvalue weighted by Crippen LogP contribution is -0.382. The van der Waals surface area contributed by atoms with E-state index in [1.54, 1.807) is 0 Å². The molecule has 0 rings (SSSR count). The molecule has 0 atom stereocenters. The van der Waals surface area contributed by atoms with E-state index in [-0.39, 0.29) is 35.8 Å². The van der Waals surface area contributed by atoms with E-state index in [0.29, 0.717) is 0 Å². The van der Waals surface area contributed by atoms with Crippen molar-refractivity contribution in [3.8, 4) is 0 Å². The summed E-state index contributed by atoms with van der Waals surface area (Å²) in [6, 6.07) is 0. The molecule has 0 saturated carbocycles. The van der Waals surface area contributed by atoms with Gasteiger partial charge in [-0.3, -0.25) is 0 Å². The van der Waals surface area contributed by atoms with Crippen LogP contribution in [0, 0.1) is 0 Å². The van der Waals surface area contributed by atoms with Gasteiger partial charge in [0.15, 0.2) is 0 Å². The summed E-state index contributed by atoms with van der Waals surface area (Å²) in [7, 11) is 0. The Labute approximate surface area is 36.7 Å². The highest BCUT2D eigenvalue weighted by molar-refractivity contribution is 5.76. The molecule has 0 aliphatic carbocycles. The van der Waals surface area contributed by atoms with Crippen molar-refractivity contribution >= 4 is 30.3 Å². The molecule has 3 radical (unpaired) electrons. The van der Waals surface area contributed by atoms with E-state index in [1.807, 2.05) is 0 Å². The van der Waals surface area contributed by atoms with E-state index < -0.39 is 0 Å². The predicted octanol–water partition coefficient (Wildman–Crippen LogP) is -4.11. The zero-order valence-electron chi connectivity index (χ0n) is 1.08. The summed E-state index contributed by atoms with van der Waals surface area (Å²) >= 11 is 0. The minimum Gasteiger partial charge on any atom is -0.412 e. The molecule has 0 aliphatic rings. The summed E-state index contributed by atoms with van der Waals surface area (Å²) < 4.78 is 0. The van der Waals surface area contributed by atoms with E-state index >= 15 is 0 Å². The maximum Gasteiger partial charge on any atom is 0 e. The molecular formula is H10BOSi2. The van der Waals surface area contributed by atoms with Crippen LogP contribution in [0.15, 0.2) is 0 Å². The molecule has 4 heteroatoms. The molecule has 2 N–H and O–H groups in total. The Hall–Kier alpha value is 0.459. The lowest BCUT2D eigenvalue weighted by atomic mass is 10.8. The Balaban J connectivity index is 0. The smallest absolute Gasteiger partial charge is 0 e. The van der Waals surface area contributed by atoms with Gasteiger partial charge < -0.3 is 5.48 Å². The van der Waals surface area contributed by atoms with Gasteiger partial charge in [0.2, 0.25) is 0 Å². The lowest BCUT2D eigenvalue weighted by molar-refractivity contribution is 0.824. The lowest BCUT2D eigenvalue weighted by Gasteiger charge is -0.412. The molecule has 0 saturated heterocycles. The highest BCUT2D eigenvalue weighted by atomic mass is 28.1. The van der Waals surface area contributed by atoms with Crippen LogP contribution < -0.4 is 0 Å². The summed E-state index contributed by atoms with van der Waals surface area (Å²) in [6.07, 6.45) is 0. The van der Waals surface area contributed by atoms with Crippen molar-refractivity contribution in [2.24, 2.45) is 0 Å². The molecule has 0 spiro atoms. The standard InChI is InChI=1S/B.H2O.2H4Si/h;1H2;2*1H4. The van der Waals surface area contributed by atoms with E-state index in [4.69, 9.17) is 0 Å². The molecule has 0 aliphatic heterocycles. The van der Waals surface area contributed by atoms with E-state index in [0.717, 1.165) is 0 Å². The number of hydrogen-bond acceptors (Lipinski definition) is 0. The molecule has 27 valence electrons. The third-order valence-corrected chi connectivity index (χ3v) is 0. The quantitative estimate of drug-likeness (QED) is 0.273. The van der Waals surface area contributed by atoms with Crippen LogP contribution in [0.25, 0.3) is 0 Å². The highest BCUT2D eigenvalue weighted by Crippen LogP contribution is -0.289. The van der Waals surface area contributed by atoms with Gasteiger partial charge in [-0.1, -0.05) is 0 Å². The van der Waals surface area contributed by atoms with Gasteiger partial charge in [0.05, 0.1) is 0 Å². The highest BCUT2D eigenvalue weighted by Gasteiger charge is 0.000146. The Morgan fingerprint density at radius 3 is 0.750 bits per heavy atom. The van der Waals surface area contributed by atoms with E-state index in [2.05, 4.69) is 0 Å². The summed E-state index contributed by atoms with van der Waals surface area (Å²) in [5.41, 5.74) is 0. The molecule has 0 fully saturated rings. The topological polar surface area (TPSA) is 31.5 Å². The Kier molecular flexibility index (Phi) is 6300. The third-order valence-electron chi connectivity index (χ3n) is 0. The van der Waals surface area contributed by atoms with Crippen LogP contribution in [-0.4, -0.2) is 35.8 Å². The van der Waals surface area contributed by atoms with Gasteiger partial charge in [-0.2, -0.15) is 0 Å². The summed E-state index contributed by atoms with van der Waals surface area (Å²) in [6.45, 7) is 0. The largest absolute Gasteiger partial charge is 0.412 e. The van der Waals surface area contributed by atoms with Crippen LogP contribution in [-0.2, 0) is 0 Å². The van der Waals surface area contributed by atoms with Crippen LogP contribution in [0.5, 0.6) is 0 Å². The molecule has 0 heterocycles. The average molecular weight is 93.1 g/mol. The van der Waals surface area contributed by atoms with Crippen molar-refractivity contribution in [2.75, 3.05) is 0 Å². The first-order chi connectivity index (χ1) is 0. The fourth-order valence-electron chi connectivity index (χ4n) is 0. The van der Waals surface area contributed by atoms with Crippen molar-refractivity contribution in [1.29, 1.82) is 0 Å². The van der Waals surface area contributed by atoms with Crippen LogP contribution >= 0.6 is 0 Å². The molecule has 0 aromatic carbocycles. The van der Waals surface area contributed by atoms with Crippen LogP contribution in [0.1, 0.15) is 0 Å². The molecular weight excluding hydrogens is 83.0 g/mol. The van der Waals surface area contributed by atoms with Gasteiger partial charge in [-0.05, 0) is 21.9 Å². The van der Waals surface area contributed by atoms with Crippen LogP contribution in [0.3, 0.4) is 0 Å².